The minimum Gasteiger partial charge on any atom is -0.508 e. The molecular formula is C15H22N4O2. The normalized spacial score (nSPS) is 11.6. The molecular weight excluding hydrogens is 268 g/mol. The molecule has 1 aromatic heterocycles. The Morgan fingerprint density at radius 2 is 1.86 bits per heavy atom. The van der Waals surface area contributed by atoms with E-state index in [1.807, 2.05) is 12.1 Å². The summed E-state index contributed by atoms with van der Waals surface area (Å²) < 4.78 is 5.50. The number of hydrogen-bond donors (Lipinski definition) is 3. The van der Waals surface area contributed by atoms with Crippen LogP contribution in [0.15, 0.2) is 28.7 Å². The predicted molar refractivity (Wildman–Crippen MR) is 81.2 cm³/mol. The van der Waals surface area contributed by atoms with Crippen molar-refractivity contribution >= 4 is 6.01 Å². The molecule has 0 spiro atoms. The number of aromatic nitrogens is 2. The van der Waals surface area contributed by atoms with Gasteiger partial charge in [-0.2, -0.15) is 0 Å². The van der Waals surface area contributed by atoms with E-state index in [9.17, 15) is 5.11 Å². The largest absolute Gasteiger partial charge is 0.508 e. The molecule has 114 valence electrons. The molecule has 0 aliphatic heterocycles. The van der Waals surface area contributed by atoms with Gasteiger partial charge in [0, 0.05) is 12.1 Å². The molecule has 0 saturated heterocycles. The second-order valence-corrected chi connectivity index (χ2v) is 5.95. The highest BCUT2D eigenvalue weighted by Gasteiger charge is 2.11. The molecule has 21 heavy (non-hydrogen) atoms. The minimum atomic E-state index is 0.0148. The van der Waals surface area contributed by atoms with Crippen LogP contribution < -0.4 is 10.6 Å². The first kappa shape index (κ1) is 15.3. The summed E-state index contributed by atoms with van der Waals surface area (Å²) >= 11 is 0. The summed E-state index contributed by atoms with van der Waals surface area (Å²) in [5, 5.41) is 23.5. The Kier molecular flexibility index (Phi) is 4.80. The maximum Gasteiger partial charge on any atom is 0.315 e. The number of rotatable bonds is 6. The van der Waals surface area contributed by atoms with Crippen LogP contribution in [0.25, 0.3) is 0 Å². The predicted octanol–water partition coefficient (Wildman–Crippen LogP) is 2.32. The lowest BCUT2D eigenvalue weighted by Gasteiger charge is -2.18. The van der Waals surface area contributed by atoms with Gasteiger partial charge in [0.2, 0.25) is 5.89 Å². The molecule has 1 aromatic carbocycles. The SMILES string of the molecule is CC(C)(C)NCc1nnc(NCCc2ccc(O)cc2)o1. The summed E-state index contributed by atoms with van der Waals surface area (Å²) in [5.74, 6) is 0.844. The summed E-state index contributed by atoms with van der Waals surface area (Å²) in [6.45, 7) is 7.50. The summed E-state index contributed by atoms with van der Waals surface area (Å²) in [6, 6.07) is 7.57. The van der Waals surface area contributed by atoms with Crippen LogP contribution in [0.3, 0.4) is 0 Å². The standard InChI is InChI=1S/C15H22N4O2/c1-15(2,3)17-10-13-18-19-14(21-13)16-9-8-11-4-6-12(20)7-5-11/h4-7,17,20H,8-10H2,1-3H3,(H,16,19). The van der Waals surface area contributed by atoms with Gasteiger partial charge < -0.3 is 20.2 Å². The molecule has 0 amide bonds. The van der Waals surface area contributed by atoms with Crippen molar-refractivity contribution in [3.8, 4) is 5.75 Å². The molecule has 2 aromatic rings. The van der Waals surface area contributed by atoms with Gasteiger partial charge >= 0.3 is 6.01 Å². The number of phenols is 1. The average Bonchev–Trinajstić information content (AvgIpc) is 2.86. The fourth-order valence-corrected chi connectivity index (χ4v) is 1.71. The van der Waals surface area contributed by atoms with Crippen LogP contribution in [0.2, 0.25) is 0 Å². The number of nitrogens with zero attached hydrogens (tertiary/aromatic N) is 2. The van der Waals surface area contributed by atoms with Gasteiger partial charge in [0.15, 0.2) is 0 Å². The van der Waals surface area contributed by atoms with E-state index in [0.29, 0.717) is 25.0 Å². The molecule has 0 aliphatic rings. The van der Waals surface area contributed by atoms with E-state index in [2.05, 4.69) is 41.6 Å². The van der Waals surface area contributed by atoms with Crippen molar-refractivity contribution in [2.45, 2.75) is 39.3 Å². The van der Waals surface area contributed by atoms with E-state index < -0.39 is 0 Å². The number of anilines is 1. The second kappa shape index (κ2) is 6.58. The maximum atomic E-state index is 9.22. The highest BCUT2D eigenvalue weighted by Crippen LogP contribution is 2.11. The molecule has 2 rings (SSSR count). The van der Waals surface area contributed by atoms with Gasteiger partial charge in [0.1, 0.15) is 5.75 Å². The van der Waals surface area contributed by atoms with Gasteiger partial charge in [-0.1, -0.05) is 17.2 Å². The van der Waals surface area contributed by atoms with Crippen molar-refractivity contribution in [1.29, 1.82) is 0 Å². The number of nitrogens with one attached hydrogen (secondary N) is 2. The lowest BCUT2D eigenvalue weighted by atomic mass is 10.1. The highest BCUT2D eigenvalue weighted by molar-refractivity contribution is 5.27. The van der Waals surface area contributed by atoms with Crippen molar-refractivity contribution in [2.75, 3.05) is 11.9 Å². The molecule has 0 aliphatic carbocycles. The van der Waals surface area contributed by atoms with E-state index in [4.69, 9.17) is 4.42 Å². The zero-order chi connectivity index (χ0) is 15.3. The van der Waals surface area contributed by atoms with Gasteiger partial charge in [-0.25, -0.2) is 0 Å². The number of hydrogen-bond acceptors (Lipinski definition) is 6. The fraction of sp³-hybridized carbons (Fsp3) is 0.467. The quantitative estimate of drug-likeness (QED) is 0.757. The maximum absolute atomic E-state index is 9.22. The van der Waals surface area contributed by atoms with Crippen LogP contribution >= 0.6 is 0 Å². The summed E-state index contributed by atoms with van der Waals surface area (Å²) in [5.41, 5.74) is 1.15. The van der Waals surface area contributed by atoms with E-state index in [-0.39, 0.29) is 11.3 Å². The topological polar surface area (TPSA) is 83.2 Å². The summed E-state index contributed by atoms with van der Waals surface area (Å²) in [7, 11) is 0. The Morgan fingerprint density at radius 3 is 2.52 bits per heavy atom. The van der Waals surface area contributed by atoms with Crippen molar-refractivity contribution in [3.05, 3.63) is 35.7 Å². The Balaban J connectivity index is 1.76. The molecule has 0 unspecified atom stereocenters. The lowest BCUT2D eigenvalue weighted by Crippen LogP contribution is -2.35. The zero-order valence-corrected chi connectivity index (χ0v) is 12.7. The van der Waals surface area contributed by atoms with E-state index in [0.717, 1.165) is 12.0 Å². The van der Waals surface area contributed by atoms with Crippen LogP contribution in [0.1, 0.15) is 32.2 Å². The molecule has 6 nitrogen and oxygen atoms in total. The molecule has 0 radical (unpaired) electrons. The zero-order valence-electron chi connectivity index (χ0n) is 12.7. The van der Waals surface area contributed by atoms with E-state index in [1.165, 1.54) is 0 Å². The van der Waals surface area contributed by atoms with Gasteiger partial charge in [0.25, 0.3) is 0 Å². The van der Waals surface area contributed by atoms with Crippen LogP contribution in [-0.4, -0.2) is 27.4 Å². The van der Waals surface area contributed by atoms with Crippen LogP contribution in [0.5, 0.6) is 5.75 Å². The van der Waals surface area contributed by atoms with E-state index >= 15 is 0 Å². The van der Waals surface area contributed by atoms with E-state index in [1.54, 1.807) is 12.1 Å². The Hall–Kier alpha value is -2.08. The van der Waals surface area contributed by atoms with Crippen molar-refractivity contribution in [2.24, 2.45) is 0 Å². The van der Waals surface area contributed by atoms with Gasteiger partial charge in [-0.15, -0.1) is 5.10 Å². The van der Waals surface area contributed by atoms with Crippen molar-refractivity contribution < 1.29 is 9.52 Å². The van der Waals surface area contributed by atoms with Gasteiger partial charge in [-0.05, 0) is 44.9 Å². The summed E-state index contributed by atoms with van der Waals surface area (Å²) in [4.78, 5) is 0. The third kappa shape index (κ3) is 5.43. The molecule has 0 saturated carbocycles. The van der Waals surface area contributed by atoms with Crippen LogP contribution in [0, 0.1) is 0 Å². The van der Waals surface area contributed by atoms with Crippen LogP contribution in [0.4, 0.5) is 6.01 Å². The minimum absolute atomic E-state index is 0.0148. The molecule has 0 bridgehead atoms. The van der Waals surface area contributed by atoms with Gasteiger partial charge in [-0.3, -0.25) is 0 Å². The third-order valence-electron chi connectivity index (χ3n) is 2.86. The van der Waals surface area contributed by atoms with Crippen molar-refractivity contribution in [1.82, 2.24) is 15.5 Å². The fourth-order valence-electron chi connectivity index (χ4n) is 1.71. The smallest absolute Gasteiger partial charge is 0.315 e. The Bertz CT molecular complexity index is 558. The summed E-state index contributed by atoms with van der Waals surface area (Å²) in [6.07, 6.45) is 0.818. The first-order valence-electron chi connectivity index (χ1n) is 7.01. The molecule has 6 heteroatoms. The Morgan fingerprint density at radius 1 is 1.14 bits per heavy atom. The first-order valence-corrected chi connectivity index (χ1v) is 7.01. The molecule has 1 heterocycles. The Labute approximate surface area is 124 Å². The van der Waals surface area contributed by atoms with Gasteiger partial charge in [0.05, 0.1) is 6.54 Å². The third-order valence-corrected chi connectivity index (χ3v) is 2.86. The lowest BCUT2D eigenvalue weighted by molar-refractivity contribution is 0.383. The highest BCUT2D eigenvalue weighted by atomic mass is 16.4. The first-order chi connectivity index (χ1) is 9.92. The number of phenolic OH excluding ortho intramolecular Hbond substituents is 1. The molecule has 3 N–H and O–H groups in total. The molecule has 0 fully saturated rings. The monoisotopic (exact) mass is 290 g/mol. The molecule has 0 atom stereocenters. The van der Waals surface area contributed by atoms with Crippen LogP contribution in [-0.2, 0) is 13.0 Å². The number of benzene rings is 1. The second-order valence-electron chi connectivity index (χ2n) is 5.95. The number of aromatic hydroxyl groups is 1. The van der Waals surface area contributed by atoms with Crippen molar-refractivity contribution in [3.63, 3.8) is 0 Å². The average molecular weight is 290 g/mol.